The molecular formula is C14H9ClF3N5. The van der Waals surface area contributed by atoms with Crippen molar-refractivity contribution >= 4 is 11.6 Å². The van der Waals surface area contributed by atoms with Crippen LogP contribution in [0.25, 0.3) is 5.69 Å². The summed E-state index contributed by atoms with van der Waals surface area (Å²) in [5, 5.41) is 4.22. The number of nitrogens with zero attached hydrogens (tertiary/aromatic N) is 5. The molecule has 0 saturated heterocycles. The zero-order valence-corrected chi connectivity index (χ0v) is 12.3. The van der Waals surface area contributed by atoms with Gasteiger partial charge in [-0.2, -0.15) is 9.49 Å². The molecule has 0 aliphatic carbocycles. The van der Waals surface area contributed by atoms with E-state index in [4.69, 9.17) is 11.6 Å². The van der Waals surface area contributed by atoms with Gasteiger partial charge in [0.05, 0.1) is 29.0 Å². The molecule has 23 heavy (non-hydrogen) atoms. The molecule has 0 atom stereocenters. The first-order chi connectivity index (χ1) is 11.0. The van der Waals surface area contributed by atoms with E-state index < -0.39 is 18.1 Å². The van der Waals surface area contributed by atoms with Gasteiger partial charge in [-0.15, -0.1) is 0 Å². The standard InChI is InChI=1S/C14H9ClF3N5/c15-8-5-20-13(21-6-8)4-10-3-11(14(17)18)22-23(10)9-1-2-12(16)19-7-9/h1-3,5-7,14H,4H2. The van der Waals surface area contributed by atoms with Gasteiger partial charge in [-0.1, -0.05) is 11.6 Å². The first-order valence-corrected chi connectivity index (χ1v) is 6.86. The van der Waals surface area contributed by atoms with E-state index in [1.165, 1.54) is 35.4 Å². The molecule has 3 aromatic heterocycles. The minimum absolute atomic E-state index is 0.161. The first kappa shape index (κ1) is 15.4. The Morgan fingerprint density at radius 1 is 1.09 bits per heavy atom. The maximum atomic E-state index is 12.9. The minimum atomic E-state index is -2.73. The van der Waals surface area contributed by atoms with Crippen molar-refractivity contribution in [2.45, 2.75) is 12.8 Å². The van der Waals surface area contributed by atoms with Crippen LogP contribution in [-0.2, 0) is 6.42 Å². The second-order valence-corrected chi connectivity index (χ2v) is 5.04. The van der Waals surface area contributed by atoms with Gasteiger partial charge in [-0.05, 0) is 18.2 Å². The van der Waals surface area contributed by atoms with Crippen molar-refractivity contribution in [3.63, 3.8) is 0 Å². The molecule has 0 fully saturated rings. The molecule has 3 aromatic rings. The first-order valence-electron chi connectivity index (χ1n) is 6.48. The lowest BCUT2D eigenvalue weighted by Crippen LogP contribution is -2.06. The summed E-state index contributed by atoms with van der Waals surface area (Å²) in [4.78, 5) is 11.6. The number of alkyl halides is 2. The molecule has 0 amide bonds. The zero-order valence-electron chi connectivity index (χ0n) is 11.5. The van der Waals surface area contributed by atoms with Crippen LogP contribution in [0.1, 0.15) is 23.6 Å². The zero-order chi connectivity index (χ0) is 16.4. The van der Waals surface area contributed by atoms with Gasteiger partial charge in [0, 0.05) is 12.4 Å². The Kier molecular flexibility index (Phi) is 4.24. The lowest BCUT2D eigenvalue weighted by Gasteiger charge is -2.06. The minimum Gasteiger partial charge on any atom is -0.239 e. The normalized spacial score (nSPS) is 11.2. The number of hydrogen-bond donors (Lipinski definition) is 0. The molecule has 0 N–H and O–H groups in total. The Morgan fingerprint density at radius 3 is 2.43 bits per heavy atom. The summed E-state index contributed by atoms with van der Waals surface area (Å²) in [6.07, 6.45) is 1.48. The van der Waals surface area contributed by atoms with E-state index in [9.17, 15) is 13.2 Å². The van der Waals surface area contributed by atoms with Crippen LogP contribution in [-0.4, -0.2) is 24.7 Å². The molecule has 3 rings (SSSR count). The van der Waals surface area contributed by atoms with Crippen molar-refractivity contribution in [1.82, 2.24) is 24.7 Å². The Labute approximate surface area is 133 Å². The topological polar surface area (TPSA) is 56.5 Å². The van der Waals surface area contributed by atoms with Crippen molar-refractivity contribution in [1.29, 1.82) is 0 Å². The highest BCUT2D eigenvalue weighted by atomic mass is 35.5. The third kappa shape index (κ3) is 3.48. The van der Waals surface area contributed by atoms with Crippen molar-refractivity contribution in [2.24, 2.45) is 0 Å². The van der Waals surface area contributed by atoms with Gasteiger partial charge in [-0.25, -0.2) is 28.4 Å². The summed E-state index contributed by atoms with van der Waals surface area (Å²) in [5.74, 6) is -0.274. The van der Waals surface area contributed by atoms with Crippen molar-refractivity contribution in [3.05, 3.63) is 65.0 Å². The molecule has 0 aliphatic heterocycles. The summed E-state index contributed by atoms with van der Waals surface area (Å²) >= 11 is 5.72. The van der Waals surface area contributed by atoms with E-state index >= 15 is 0 Å². The monoisotopic (exact) mass is 339 g/mol. The fourth-order valence-corrected chi connectivity index (χ4v) is 2.08. The molecule has 5 nitrogen and oxygen atoms in total. The third-order valence-corrected chi connectivity index (χ3v) is 3.19. The lowest BCUT2D eigenvalue weighted by molar-refractivity contribution is 0.145. The molecule has 3 heterocycles. The largest absolute Gasteiger partial charge is 0.282 e. The average Bonchev–Trinajstić information content (AvgIpc) is 2.94. The van der Waals surface area contributed by atoms with Crippen molar-refractivity contribution in [2.75, 3.05) is 0 Å². The molecule has 0 unspecified atom stereocenters. The van der Waals surface area contributed by atoms with E-state index in [1.807, 2.05) is 0 Å². The van der Waals surface area contributed by atoms with Crippen LogP contribution >= 0.6 is 11.6 Å². The SMILES string of the molecule is Fc1ccc(-n2nc(C(F)F)cc2Cc2ncc(Cl)cn2)cn1. The molecule has 9 heteroatoms. The van der Waals surface area contributed by atoms with Crippen molar-refractivity contribution < 1.29 is 13.2 Å². The summed E-state index contributed by atoms with van der Waals surface area (Å²) in [5.41, 5.74) is 0.400. The van der Waals surface area contributed by atoms with E-state index in [0.29, 0.717) is 22.2 Å². The van der Waals surface area contributed by atoms with Gasteiger partial charge in [-0.3, -0.25) is 0 Å². The van der Waals surface area contributed by atoms with E-state index in [2.05, 4.69) is 20.1 Å². The van der Waals surface area contributed by atoms with Crippen LogP contribution in [0.2, 0.25) is 5.02 Å². The Morgan fingerprint density at radius 2 is 1.83 bits per heavy atom. The van der Waals surface area contributed by atoms with Gasteiger partial charge in [0.15, 0.2) is 0 Å². The highest BCUT2D eigenvalue weighted by Gasteiger charge is 2.17. The molecule has 0 aromatic carbocycles. The summed E-state index contributed by atoms with van der Waals surface area (Å²) in [6, 6.07) is 3.78. The Bertz CT molecular complexity index is 802. The van der Waals surface area contributed by atoms with Crippen LogP contribution in [0, 0.1) is 5.95 Å². The van der Waals surface area contributed by atoms with Gasteiger partial charge in [0.25, 0.3) is 6.43 Å². The number of rotatable bonds is 4. The molecule has 118 valence electrons. The van der Waals surface area contributed by atoms with Crippen LogP contribution in [0.15, 0.2) is 36.8 Å². The molecule has 0 spiro atoms. The predicted octanol–water partition coefficient (Wildman–Crippen LogP) is 3.38. The fraction of sp³-hybridized carbons (Fsp3) is 0.143. The van der Waals surface area contributed by atoms with Crippen LogP contribution < -0.4 is 0 Å². The second-order valence-electron chi connectivity index (χ2n) is 4.61. The van der Waals surface area contributed by atoms with Gasteiger partial charge < -0.3 is 0 Å². The highest BCUT2D eigenvalue weighted by Crippen LogP contribution is 2.22. The third-order valence-electron chi connectivity index (χ3n) is 2.99. The van der Waals surface area contributed by atoms with Crippen LogP contribution in [0.4, 0.5) is 13.2 Å². The van der Waals surface area contributed by atoms with Crippen LogP contribution in [0.3, 0.4) is 0 Å². The average molecular weight is 340 g/mol. The fourth-order valence-electron chi connectivity index (χ4n) is 1.98. The van der Waals surface area contributed by atoms with E-state index in [-0.39, 0.29) is 6.42 Å². The van der Waals surface area contributed by atoms with E-state index in [0.717, 1.165) is 6.07 Å². The molecule has 0 saturated carbocycles. The number of pyridine rings is 1. The molecule has 0 aliphatic rings. The second kappa shape index (κ2) is 6.33. The number of aromatic nitrogens is 5. The highest BCUT2D eigenvalue weighted by molar-refractivity contribution is 6.30. The lowest BCUT2D eigenvalue weighted by atomic mass is 10.2. The quantitative estimate of drug-likeness (QED) is 0.684. The maximum Gasteiger partial charge on any atom is 0.282 e. The van der Waals surface area contributed by atoms with Gasteiger partial charge in [0.2, 0.25) is 5.95 Å². The predicted molar refractivity (Wildman–Crippen MR) is 76.1 cm³/mol. The Balaban J connectivity index is 2.00. The molecular weight excluding hydrogens is 331 g/mol. The smallest absolute Gasteiger partial charge is 0.239 e. The van der Waals surface area contributed by atoms with E-state index in [1.54, 1.807) is 0 Å². The molecule has 0 bridgehead atoms. The van der Waals surface area contributed by atoms with Crippen molar-refractivity contribution in [3.8, 4) is 5.69 Å². The number of hydrogen-bond acceptors (Lipinski definition) is 4. The summed E-state index contributed by atoms with van der Waals surface area (Å²) in [6.45, 7) is 0. The summed E-state index contributed by atoms with van der Waals surface area (Å²) in [7, 11) is 0. The van der Waals surface area contributed by atoms with Gasteiger partial charge in [0.1, 0.15) is 11.5 Å². The molecule has 0 radical (unpaired) electrons. The van der Waals surface area contributed by atoms with Gasteiger partial charge >= 0.3 is 0 Å². The van der Waals surface area contributed by atoms with Crippen LogP contribution in [0.5, 0.6) is 0 Å². The Hall–Kier alpha value is -2.48. The summed E-state index contributed by atoms with van der Waals surface area (Å²) < 4.78 is 40.1. The number of halogens is 4. The maximum absolute atomic E-state index is 12.9.